The number of nitrogens with zero attached hydrogens (tertiary/aromatic N) is 2. The van der Waals surface area contributed by atoms with E-state index in [-0.39, 0.29) is 22.3 Å². The number of ether oxygens (including phenoxy) is 1. The van der Waals surface area contributed by atoms with Crippen LogP contribution < -0.4 is 20.9 Å². The van der Waals surface area contributed by atoms with Crippen LogP contribution in [0.5, 0.6) is 0 Å². The van der Waals surface area contributed by atoms with Gasteiger partial charge in [-0.1, -0.05) is 23.7 Å². The summed E-state index contributed by atoms with van der Waals surface area (Å²) in [5.41, 5.74) is 1.90. The number of hydrogen-bond acceptors (Lipinski definition) is 7. The van der Waals surface area contributed by atoms with Crippen molar-refractivity contribution >= 4 is 63.5 Å². The van der Waals surface area contributed by atoms with Crippen molar-refractivity contribution in [1.82, 2.24) is 5.32 Å². The summed E-state index contributed by atoms with van der Waals surface area (Å²) in [4.78, 5) is 38.3. The molecule has 10 nitrogen and oxygen atoms in total. The molecule has 1 heterocycles. The van der Waals surface area contributed by atoms with Crippen molar-refractivity contribution in [3.8, 4) is 0 Å². The minimum Gasteiger partial charge on any atom is -0.378 e. The smallest absolute Gasteiger partial charge is 0.270 e. The molecule has 0 radical (unpaired) electrons. The molecule has 3 N–H and O–H groups in total. The number of amides is 2. The molecule has 3 aromatic rings. The fraction of sp³-hybridized carbons (Fsp3) is 0.160. The van der Waals surface area contributed by atoms with E-state index in [9.17, 15) is 19.7 Å². The van der Waals surface area contributed by atoms with Crippen LogP contribution in [0.3, 0.4) is 0 Å². The molecule has 1 fully saturated rings. The number of thiocarbonyl (C=S) groups is 1. The van der Waals surface area contributed by atoms with E-state index in [1.165, 1.54) is 12.1 Å². The molecule has 12 heteroatoms. The molecule has 2 amide bonds. The number of rotatable bonds is 6. The summed E-state index contributed by atoms with van der Waals surface area (Å²) in [5.74, 6) is -0.926. The van der Waals surface area contributed by atoms with Crippen molar-refractivity contribution in [2.45, 2.75) is 0 Å². The number of morpholine rings is 1. The van der Waals surface area contributed by atoms with E-state index in [4.69, 9.17) is 28.6 Å². The van der Waals surface area contributed by atoms with Gasteiger partial charge in [0.05, 0.1) is 29.4 Å². The van der Waals surface area contributed by atoms with E-state index >= 15 is 0 Å². The van der Waals surface area contributed by atoms with Crippen LogP contribution in [0.25, 0.3) is 0 Å². The molecule has 0 saturated carbocycles. The van der Waals surface area contributed by atoms with Gasteiger partial charge in [-0.3, -0.25) is 25.0 Å². The second-order valence-electron chi connectivity index (χ2n) is 8.01. The largest absolute Gasteiger partial charge is 0.378 e. The minimum atomic E-state index is -0.590. The molecule has 3 aromatic carbocycles. The SMILES string of the molecule is O=C(Nc1cccc(NC(=S)NC(=O)c2cc([N+](=O)[O-])ccc2N2CCOCC2)c1)c1cccc(Cl)c1. The summed E-state index contributed by atoms with van der Waals surface area (Å²) in [5, 5.41) is 20.0. The lowest BCUT2D eigenvalue weighted by molar-refractivity contribution is -0.384. The quantitative estimate of drug-likeness (QED) is 0.238. The highest BCUT2D eigenvalue weighted by Crippen LogP contribution is 2.26. The van der Waals surface area contributed by atoms with Crippen LogP contribution in [0.15, 0.2) is 66.7 Å². The van der Waals surface area contributed by atoms with Crippen LogP contribution in [0, 0.1) is 10.1 Å². The fourth-order valence-corrected chi connectivity index (χ4v) is 4.14. The maximum Gasteiger partial charge on any atom is 0.270 e. The van der Waals surface area contributed by atoms with Crippen molar-refractivity contribution < 1.29 is 19.2 Å². The van der Waals surface area contributed by atoms with Gasteiger partial charge in [-0.05, 0) is 54.7 Å². The number of non-ortho nitro benzene ring substituents is 1. The van der Waals surface area contributed by atoms with Crippen LogP contribution in [0.1, 0.15) is 20.7 Å². The van der Waals surface area contributed by atoms with Crippen LogP contribution >= 0.6 is 23.8 Å². The number of carbonyl (C=O) groups is 2. The first-order valence-corrected chi connectivity index (χ1v) is 12.0. The molecule has 0 bridgehead atoms. The highest BCUT2D eigenvalue weighted by Gasteiger charge is 2.22. The summed E-state index contributed by atoms with van der Waals surface area (Å²) in [7, 11) is 0. The van der Waals surface area contributed by atoms with E-state index in [2.05, 4.69) is 16.0 Å². The Morgan fingerprint density at radius 2 is 1.65 bits per heavy atom. The molecule has 1 aliphatic heterocycles. The zero-order valence-electron chi connectivity index (χ0n) is 19.4. The molecular formula is C25H22ClN5O5S. The van der Waals surface area contributed by atoms with Crippen molar-refractivity contribution in [3.63, 3.8) is 0 Å². The summed E-state index contributed by atoms with van der Waals surface area (Å²) >= 11 is 11.3. The third-order valence-corrected chi connectivity index (χ3v) is 5.92. The topological polar surface area (TPSA) is 126 Å². The third kappa shape index (κ3) is 6.79. The number of anilines is 3. The van der Waals surface area contributed by atoms with Gasteiger partial charge in [0.15, 0.2) is 5.11 Å². The zero-order chi connectivity index (χ0) is 26.4. The van der Waals surface area contributed by atoms with Gasteiger partial charge in [0.2, 0.25) is 0 Å². The van der Waals surface area contributed by atoms with Crippen molar-refractivity contribution in [2.24, 2.45) is 0 Å². The first-order chi connectivity index (χ1) is 17.8. The molecular weight excluding hydrogens is 518 g/mol. The second kappa shape index (κ2) is 11.8. The number of nitro benzene ring substituents is 1. The molecule has 37 heavy (non-hydrogen) atoms. The molecule has 0 aliphatic carbocycles. The Morgan fingerprint density at radius 3 is 2.35 bits per heavy atom. The molecule has 0 spiro atoms. The Morgan fingerprint density at radius 1 is 0.946 bits per heavy atom. The normalized spacial score (nSPS) is 12.9. The zero-order valence-corrected chi connectivity index (χ0v) is 21.0. The third-order valence-electron chi connectivity index (χ3n) is 5.48. The number of benzene rings is 3. The summed E-state index contributed by atoms with van der Waals surface area (Å²) < 4.78 is 5.37. The van der Waals surface area contributed by atoms with E-state index < -0.39 is 10.8 Å². The van der Waals surface area contributed by atoms with Gasteiger partial charge in [-0.25, -0.2) is 0 Å². The van der Waals surface area contributed by atoms with Gasteiger partial charge >= 0.3 is 0 Å². The lowest BCUT2D eigenvalue weighted by Crippen LogP contribution is -2.39. The monoisotopic (exact) mass is 539 g/mol. The lowest BCUT2D eigenvalue weighted by atomic mass is 10.1. The van der Waals surface area contributed by atoms with Crippen molar-refractivity contribution in [1.29, 1.82) is 0 Å². The van der Waals surface area contributed by atoms with E-state index in [0.717, 1.165) is 0 Å². The number of halogens is 1. The Kier molecular flexibility index (Phi) is 8.29. The molecule has 0 aromatic heterocycles. The average Bonchev–Trinajstić information content (AvgIpc) is 2.89. The Bertz CT molecular complexity index is 1360. The number of nitrogens with one attached hydrogen (secondary N) is 3. The Hall–Kier alpha value is -4.06. The Balaban J connectivity index is 1.45. The molecule has 1 aliphatic rings. The van der Waals surface area contributed by atoms with Gasteiger partial charge < -0.3 is 20.3 Å². The van der Waals surface area contributed by atoms with Gasteiger partial charge in [0.1, 0.15) is 0 Å². The first-order valence-electron chi connectivity index (χ1n) is 11.2. The predicted molar refractivity (Wildman–Crippen MR) is 146 cm³/mol. The van der Waals surface area contributed by atoms with E-state index in [1.807, 2.05) is 4.90 Å². The fourth-order valence-electron chi connectivity index (χ4n) is 3.74. The molecule has 190 valence electrons. The predicted octanol–water partition coefficient (Wildman–Crippen LogP) is 4.46. The average molecular weight is 540 g/mol. The molecule has 0 atom stereocenters. The minimum absolute atomic E-state index is 0.0113. The van der Waals surface area contributed by atoms with Crippen LogP contribution in [0.2, 0.25) is 5.02 Å². The molecule has 0 unspecified atom stereocenters. The van der Waals surface area contributed by atoms with Gasteiger partial charge in [-0.15, -0.1) is 0 Å². The Labute approximate surface area is 222 Å². The highest BCUT2D eigenvalue weighted by molar-refractivity contribution is 7.80. The van der Waals surface area contributed by atoms with Crippen LogP contribution in [-0.4, -0.2) is 48.2 Å². The van der Waals surface area contributed by atoms with E-state index in [0.29, 0.717) is 54.0 Å². The highest BCUT2D eigenvalue weighted by atomic mass is 35.5. The lowest BCUT2D eigenvalue weighted by Gasteiger charge is -2.30. The first kappa shape index (κ1) is 26.0. The van der Waals surface area contributed by atoms with Crippen LogP contribution in [0.4, 0.5) is 22.7 Å². The maximum atomic E-state index is 13.1. The summed E-state index contributed by atoms with van der Waals surface area (Å²) in [6, 6.07) is 17.5. The second-order valence-corrected chi connectivity index (χ2v) is 8.86. The molecule has 4 rings (SSSR count). The van der Waals surface area contributed by atoms with Crippen LogP contribution in [-0.2, 0) is 4.74 Å². The maximum absolute atomic E-state index is 13.1. The number of carbonyl (C=O) groups excluding carboxylic acids is 2. The van der Waals surface area contributed by atoms with Gasteiger partial charge in [0.25, 0.3) is 17.5 Å². The van der Waals surface area contributed by atoms with Gasteiger partial charge in [0, 0.05) is 47.2 Å². The standard InChI is InChI=1S/C25H22ClN5O5S/c26-17-4-1-3-16(13-17)23(32)27-18-5-2-6-19(14-18)28-25(37)29-24(33)21-15-20(31(34)35)7-8-22(21)30-9-11-36-12-10-30/h1-8,13-15H,9-12H2,(H,27,32)(H2,28,29,33,37). The van der Waals surface area contributed by atoms with Crippen molar-refractivity contribution in [3.05, 3.63) is 93.0 Å². The van der Waals surface area contributed by atoms with E-state index in [1.54, 1.807) is 54.6 Å². The number of hydrogen-bond donors (Lipinski definition) is 3. The summed E-state index contributed by atoms with van der Waals surface area (Å²) in [6.45, 7) is 2.08. The number of nitro groups is 1. The van der Waals surface area contributed by atoms with Gasteiger partial charge in [-0.2, -0.15) is 0 Å². The summed E-state index contributed by atoms with van der Waals surface area (Å²) in [6.07, 6.45) is 0. The van der Waals surface area contributed by atoms with Crippen molar-refractivity contribution in [2.75, 3.05) is 41.8 Å². The molecule has 1 saturated heterocycles.